The quantitative estimate of drug-likeness (QED) is 0.528. The molecule has 6 heteroatoms. The number of rotatable bonds is 8. The molecule has 0 aliphatic carbocycles. The smallest absolute Gasteiger partial charge is 0.249 e. The molecule has 1 amide bonds. The van der Waals surface area contributed by atoms with Crippen LogP contribution >= 0.6 is 0 Å². The first-order chi connectivity index (χ1) is 15.7. The average molecular weight is 434 g/mol. The van der Waals surface area contributed by atoms with Crippen molar-refractivity contribution >= 4 is 5.91 Å². The van der Waals surface area contributed by atoms with E-state index >= 15 is 0 Å². The molecular weight excluding hydrogens is 406 g/mol. The fourth-order valence-corrected chi connectivity index (χ4v) is 3.68. The Kier molecular flexibility index (Phi) is 6.92. The van der Waals surface area contributed by atoms with Crippen molar-refractivity contribution in [2.75, 3.05) is 27.4 Å². The first-order valence-electron chi connectivity index (χ1n) is 10.5. The zero-order valence-electron chi connectivity index (χ0n) is 18.3. The molecular formula is C26H27NO5. The monoisotopic (exact) mass is 433 g/mol. The van der Waals surface area contributed by atoms with Crippen LogP contribution in [0, 0.1) is 0 Å². The first kappa shape index (κ1) is 21.7. The number of amides is 1. The molecule has 1 fully saturated rings. The molecule has 1 aliphatic rings. The number of morpholine rings is 1. The van der Waals surface area contributed by atoms with Crippen molar-refractivity contribution in [3.8, 4) is 17.2 Å². The molecule has 0 unspecified atom stereocenters. The fraction of sp³-hybridized carbons (Fsp3) is 0.269. The van der Waals surface area contributed by atoms with E-state index in [-0.39, 0.29) is 18.6 Å². The maximum atomic E-state index is 12.5. The van der Waals surface area contributed by atoms with E-state index in [1.165, 1.54) is 0 Å². The van der Waals surface area contributed by atoms with E-state index in [9.17, 15) is 4.79 Å². The predicted octanol–water partition coefficient (Wildman–Crippen LogP) is 4.38. The Labute approximate surface area is 188 Å². The van der Waals surface area contributed by atoms with Crippen LogP contribution in [-0.4, -0.2) is 38.2 Å². The lowest BCUT2D eigenvalue weighted by Crippen LogP contribution is -2.42. The van der Waals surface area contributed by atoms with Gasteiger partial charge < -0.3 is 23.8 Å². The Morgan fingerprint density at radius 2 is 1.69 bits per heavy atom. The van der Waals surface area contributed by atoms with Crippen LogP contribution in [0.15, 0.2) is 72.8 Å². The van der Waals surface area contributed by atoms with E-state index < -0.39 is 0 Å². The van der Waals surface area contributed by atoms with Crippen molar-refractivity contribution in [3.05, 3.63) is 89.5 Å². The molecule has 1 atom stereocenters. The Balaban J connectivity index is 1.40. The first-order valence-corrected chi connectivity index (χ1v) is 10.5. The summed E-state index contributed by atoms with van der Waals surface area (Å²) in [6.07, 6.45) is -0.194. The molecule has 166 valence electrons. The molecule has 1 saturated heterocycles. The van der Waals surface area contributed by atoms with Gasteiger partial charge in [0.1, 0.15) is 36.6 Å². The van der Waals surface area contributed by atoms with Gasteiger partial charge in [0.2, 0.25) is 5.91 Å². The van der Waals surface area contributed by atoms with Crippen molar-refractivity contribution in [1.29, 1.82) is 0 Å². The number of carbonyl (C=O) groups excluding carboxylic acids is 1. The molecule has 3 aromatic rings. The van der Waals surface area contributed by atoms with Gasteiger partial charge in [-0.3, -0.25) is 4.79 Å². The number of carbonyl (C=O) groups is 1. The lowest BCUT2D eigenvalue weighted by atomic mass is 10.1. The lowest BCUT2D eigenvalue weighted by Gasteiger charge is -2.33. The van der Waals surface area contributed by atoms with Gasteiger partial charge in [-0.05, 0) is 35.4 Å². The highest BCUT2D eigenvalue weighted by atomic mass is 16.5. The predicted molar refractivity (Wildman–Crippen MR) is 121 cm³/mol. The highest BCUT2D eigenvalue weighted by Gasteiger charge is 2.28. The van der Waals surface area contributed by atoms with Gasteiger partial charge in [0.15, 0.2) is 0 Å². The van der Waals surface area contributed by atoms with E-state index in [0.29, 0.717) is 31.2 Å². The van der Waals surface area contributed by atoms with Crippen molar-refractivity contribution in [1.82, 2.24) is 4.90 Å². The topological polar surface area (TPSA) is 57.2 Å². The van der Waals surface area contributed by atoms with Gasteiger partial charge in [-0.2, -0.15) is 0 Å². The van der Waals surface area contributed by atoms with Crippen LogP contribution in [0.1, 0.15) is 22.8 Å². The van der Waals surface area contributed by atoms with Crippen molar-refractivity contribution in [2.24, 2.45) is 0 Å². The highest BCUT2D eigenvalue weighted by Crippen LogP contribution is 2.29. The van der Waals surface area contributed by atoms with E-state index in [1.54, 1.807) is 19.1 Å². The highest BCUT2D eigenvalue weighted by molar-refractivity contribution is 5.78. The van der Waals surface area contributed by atoms with Gasteiger partial charge in [0, 0.05) is 18.2 Å². The van der Waals surface area contributed by atoms with Crippen molar-refractivity contribution in [2.45, 2.75) is 19.3 Å². The summed E-state index contributed by atoms with van der Waals surface area (Å²) in [6, 6.07) is 23.5. The number of hydrogen-bond donors (Lipinski definition) is 0. The van der Waals surface area contributed by atoms with Crippen LogP contribution in [0.2, 0.25) is 0 Å². The number of methoxy groups -OCH3 is 2. The van der Waals surface area contributed by atoms with Gasteiger partial charge in [-0.1, -0.05) is 42.5 Å². The molecule has 0 saturated carbocycles. The zero-order valence-corrected chi connectivity index (χ0v) is 18.3. The molecule has 4 rings (SSSR count). The van der Waals surface area contributed by atoms with E-state index in [4.69, 9.17) is 18.9 Å². The summed E-state index contributed by atoms with van der Waals surface area (Å²) in [7, 11) is 3.23. The van der Waals surface area contributed by atoms with Gasteiger partial charge >= 0.3 is 0 Å². The molecule has 0 N–H and O–H groups in total. The van der Waals surface area contributed by atoms with Gasteiger partial charge in [-0.15, -0.1) is 0 Å². The summed E-state index contributed by atoms with van der Waals surface area (Å²) in [5.41, 5.74) is 3.05. The largest absolute Gasteiger partial charge is 0.497 e. The Morgan fingerprint density at radius 3 is 2.41 bits per heavy atom. The summed E-state index contributed by atoms with van der Waals surface area (Å²) in [4.78, 5) is 14.3. The molecule has 0 aromatic heterocycles. The second-order valence-electron chi connectivity index (χ2n) is 7.59. The lowest BCUT2D eigenvalue weighted by molar-refractivity contribution is -0.150. The molecule has 0 bridgehead atoms. The minimum Gasteiger partial charge on any atom is -0.497 e. The van der Waals surface area contributed by atoms with Crippen LogP contribution in [0.5, 0.6) is 17.2 Å². The van der Waals surface area contributed by atoms with Crippen LogP contribution in [0.4, 0.5) is 0 Å². The summed E-state index contributed by atoms with van der Waals surface area (Å²) in [6.45, 7) is 1.49. The van der Waals surface area contributed by atoms with Crippen LogP contribution in [0.3, 0.4) is 0 Å². The van der Waals surface area contributed by atoms with Crippen molar-refractivity contribution in [3.63, 3.8) is 0 Å². The molecule has 6 nitrogen and oxygen atoms in total. The maximum absolute atomic E-state index is 12.5. The summed E-state index contributed by atoms with van der Waals surface area (Å²) in [5.74, 6) is 2.16. The van der Waals surface area contributed by atoms with Crippen LogP contribution in [0.25, 0.3) is 0 Å². The Bertz CT molecular complexity index is 1040. The number of ether oxygens (including phenoxy) is 4. The Morgan fingerprint density at radius 1 is 0.938 bits per heavy atom. The SMILES string of the molecule is COc1ccc(CN2C[C@H](c3ccc(OCc4ccccc4)cc3)OCC2=O)c(OC)c1. The van der Waals surface area contributed by atoms with Gasteiger partial charge in [-0.25, -0.2) is 0 Å². The van der Waals surface area contributed by atoms with E-state index in [1.807, 2.05) is 72.8 Å². The fourth-order valence-electron chi connectivity index (χ4n) is 3.68. The van der Waals surface area contributed by atoms with E-state index in [0.717, 1.165) is 22.4 Å². The van der Waals surface area contributed by atoms with Crippen LogP contribution < -0.4 is 14.2 Å². The maximum Gasteiger partial charge on any atom is 0.249 e. The average Bonchev–Trinajstić information content (AvgIpc) is 2.85. The summed E-state index contributed by atoms with van der Waals surface area (Å²) in [5, 5.41) is 0. The second kappa shape index (κ2) is 10.2. The van der Waals surface area contributed by atoms with Gasteiger partial charge in [0.05, 0.1) is 20.8 Å². The third-order valence-electron chi connectivity index (χ3n) is 5.50. The molecule has 3 aromatic carbocycles. The van der Waals surface area contributed by atoms with E-state index in [2.05, 4.69) is 0 Å². The summed E-state index contributed by atoms with van der Waals surface area (Å²) >= 11 is 0. The molecule has 0 spiro atoms. The minimum absolute atomic E-state index is 0.0399. The number of nitrogens with zero attached hydrogens (tertiary/aromatic N) is 1. The summed E-state index contributed by atoms with van der Waals surface area (Å²) < 4.78 is 22.4. The number of hydrogen-bond acceptors (Lipinski definition) is 5. The van der Waals surface area contributed by atoms with Gasteiger partial charge in [0.25, 0.3) is 0 Å². The normalized spacial score (nSPS) is 16.0. The zero-order chi connectivity index (χ0) is 22.3. The molecule has 0 radical (unpaired) electrons. The third kappa shape index (κ3) is 5.21. The molecule has 1 aliphatic heterocycles. The Hall–Kier alpha value is -3.51. The molecule has 32 heavy (non-hydrogen) atoms. The third-order valence-corrected chi connectivity index (χ3v) is 5.50. The minimum atomic E-state index is -0.194. The standard InChI is InChI=1S/C26H27NO5/c1-29-23-13-10-21(24(14-23)30-2)15-27-16-25(32-18-26(27)28)20-8-11-22(12-9-20)31-17-19-6-4-3-5-7-19/h3-14,25H,15-18H2,1-2H3/t25-/m1/s1. The van der Waals surface area contributed by atoms with Crippen LogP contribution in [-0.2, 0) is 22.7 Å². The van der Waals surface area contributed by atoms with Crippen molar-refractivity contribution < 1.29 is 23.7 Å². The second-order valence-corrected chi connectivity index (χ2v) is 7.59. The number of benzene rings is 3. The molecule has 1 heterocycles.